The van der Waals surface area contributed by atoms with E-state index >= 15 is 0 Å². The topological polar surface area (TPSA) is 37.4 Å². The lowest BCUT2D eigenvalue weighted by Gasteiger charge is -2.29. The summed E-state index contributed by atoms with van der Waals surface area (Å²) in [5, 5.41) is 0. The van der Waals surface area contributed by atoms with E-state index in [9.17, 15) is 9.59 Å². The number of Topliss-reactive ketones (excluding diaryl/α,β-unsaturated/α-hetero) is 2. The summed E-state index contributed by atoms with van der Waals surface area (Å²) in [6.45, 7) is 8.05. The molecule has 0 bridgehead atoms. The molecule has 0 amide bonds. The predicted molar refractivity (Wildman–Crippen MR) is 80.1 cm³/mol. The van der Waals surface area contributed by atoms with Crippen LogP contribution >= 0.6 is 0 Å². The first kappa shape index (κ1) is 14.9. The zero-order chi connectivity index (χ0) is 14.7. The van der Waals surface area contributed by atoms with Crippen LogP contribution in [0, 0.1) is 5.92 Å². The molecular weight excluding hydrogens is 250 g/mol. The van der Waals surface area contributed by atoms with Crippen LogP contribution in [0.5, 0.6) is 0 Å². The van der Waals surface area contributed by atoms with Crippen molar-refractivity contribution in [3.63, 3.8) is 0 Å². The minimum absolute atomic E-state index is 0.0554. The number of piperidine rings is 1. The van der Waals surface area contributed by atoms with Crippen LogP contribution in [0.15, 0.2) is 24.3 Å². The van der Waals surface area contributed by atoms with Gasteiger partial charge in [-0.15, -0.1) is 0 Å². The molecule has 1 aromatic carbocycles. The number of nitrogens with zero attached hydrogens (tertiary/aromatic N) is 1. The lowest BCUT2D eigenvalue weighted by molar-refractivity contribution is -0.125. The van der Waals surface area contributed by atoms with Gasteiger partial charge in [-0.05, 0) is 11.5 Å². The molecule has 1 fully saturated rings. The van der Waals surface area contributed by atoms with Gasteiger partial charge >= 0.3 is 0 Å². The zero-order valence-corrected chi connectivity index (χ0v) is 12.6. The summed E-state index contributed by atoms with van der Waals surface area (Å²) in [5.41, 5.74) is 2.01. The molecule has 3 nitrogen and oxygen atoms in total. The molecule has 0 radical (unpaired) electrons. The third kappa shape index (κ3) is 3.54. The molecule has 2 rings (SSSR count). The Kier molecular flexibility index (Phi) is 4.71. The minimum atomic E-state index is 0.0554. The summed E-state index contributed by atoms with van der Waals surface area (Å²) < 4.78 is 0. The molecule has 3 heteroatoms. The van der Waals surface area contributed by atoms with Gasteiger partial charge < -0.3 is 0 Å². The Morgan fingerprint density at radius 1 is 1.30 bits per heavy atom. The van der Waals surface area contributed by atoms with E-state index in [1.165, 1.54) is 5.56 Å². The van der Waals surface area contributed by atoms with Crippen LogP contribution in [0.3, 0.4) is 0 Å². The van der Waals surface area contributed by atoms with Gasteiger partial charge in [0.2, 0.25) is 0 Å². The van der Waals surface area contributed by atoms with Crippen molar-refractivity contribution in [1.29, 1.82) is 0 Å². The zero-order valence-electron chi connectivity index (χ0n) is 12.6. The van der Waals surface area contributed by atoms with Crippen LogP contribution in [-0.2, 0) is 4.79 Å². The number of rotatable bonds is 4. The monoisotopic (exact) mass is 273 g/mol. The van der Waals surface area contributed by atoms with Gasteiger partial charge in [-0.3, -0.25) is 14.5 Å². The maximum absolute atomic E-state index is 12.3. The number of hydrogen-bond donors (Lipinski definition) is 0. The van der Waals surface area contributed by atoms with Crippen molar-refractivity contribution in [3.8, 4) is 0 Å². The molecule has 1 aliphatic heterocycles. The molecular formula is C17H23NO2. The molecule has 0 N–H and O–H groups in total. The highest BCUT2D eigenvalue weighted by molar-refractivity contribution is 5.97. The van der Waals surface area contributed by atoms with Crippen molar-refractivity contribution >= 4 is 11.6 Å². The van der Waals surface area contributed by atoms with E-state index in [1.807, 2.05) is 31.2 Å². The Morgan fingerprint density at radius 3 is 2.50 bits per heavy atom. The van der Waals surface area contributed by atoms with Gasteiger partial charge in [-0.2, -0.15) is 0 Å². The number of benzene rings is 1. The van der Waals surface area contributed by atoms with Gasteiger partial charge in [0.25, 0.3) is 0 Å². The summed E-state index contributed by atoms with van der Waals surface area (Å²) in [6, 6.07) is 7.88. The lowest BCUT2D eigenvalue weighted by Crippen LogP contribution is -2.42. The van der Waals surface area contributed by atoms with Crippen LogP contribution in [0.4, 0.5) is 0 Å². The highest BCUT2D eigenvalue weighted by Gasteiger charge is 2.24. The number of carbonyl (C=O) groups excluding carboxylic acids is 2. The number of ketones is 2. The summed E-state index contributed by atoms with van der Waals surface area (Å²) in [5.74, 6) is 0.991. The van der Waals surface area contributed by atoms with E-state index in [-0.39, 0.29) is 11.7 Å². The van der Waals surface area contributed by atoms with Crippen LogP contribution in [0.2, 0.25) is 0 Å². The van der Waals surface area contributed by atoms with E-state index < -0.39 is 0 Å². The second kappa shape index (κ2) is 6.31. The molecule has 0 aromatic heterocycles. The first-order valence-electron chi connectivity index (χ1n) is 7.35. The van der Waals surface area contributed by atoms with Crippen molar-refractivity contribution in [1.82, 2.24) is 4.90 Å². The number of likely N-dealkylation sites (tertiary alicyclic amines) is 1. The summed E-state index contributed by atoms with van der Waals surface area (Å²) >= 11 is 0. The van der Waals surface area contributed by atoms with Gasteiger partial charge in [0.15, 0.2) is 5.78 Å². The summed E-state index contributed by atoms with van der Waals surface area (Å²) in [7, 11) is 0. The first-order chi connectivity index (χ1) is 9.47. The number of carbonyl (C=O) groups is 2. The normalized spacial score (nSPS) is 20.4. The molecule has 20 heavy (non-hydrogen) atoms. The highest BCUT2D eigenvalue weighted by atomic mass is 16.1. The summed E-state index contributed by atoms with van der Waals surface area (Å²) in [6.07, 6.45) is 0.570. The van der Waals surface area contributed by atoms with E-state index in [1.54, 1.807) is 0 Å². The van der Waals surface area contributed by atoms with Crippen LogP contribution in [0.25, 0.3) is 0 Å². The van der Waals surface area contributed by atoms with E-state index in [4.69, 9.17) is 0 Å². The third-order valence-corrected chi connectivity index (χ3v) is 4.02. The van der Waals surface area contributed by atoms with Crippen molar-refractivity contribution in [2.24, 2.45) is 5.92 Å². The fourth-order valence-electron chi connectivity index (χ4n) is 2.59. The molecule has 0 spiro atoms. The van der Waals surface area contributed by atoms with Crippen LogP contribution in [0.1, 0.15) is 49.0 Å². The molecule has 1 heterocycles. The van der Waals surface area contributed by atoms with E-state index in [0.29, 0.717) is 37.8 Å². The number of hydrogen-bond acceptors (Lipinski definition) is 3. The Balaban J connectivity index is 1.96. The van der Waals surface area contributed by atoms with Crippen molar-refractivity contribution < 1.29 is 9.59 Å². The van der Waals surface area contributed by atoms with E-state index in [0.717, 1.165) is 5.56 Å². The molecule has 1 unspecified atom stereocenters. The fourth-order valence-corrected chi connectivity index (χ4v) is 2.59. The average Bonchev–Trinajstić information content (AvgIpc) is 2.43. The molecule has 108 valence electrons. The van der Waals surface area contributed by atoms with Gasteiger partial charge in [0.05, 0.1) is 6.54 Å². The Bertz CT molecular complexity index is 490. The molecule has 1 aliphatic rings. The van der Waals surface area contributed by atoms with Gasteiger partial charge in [-0.25, -0.2) is 0 Å². The molecule has 1 aromatic rings. The van der Waals surface area contributed by atoms with Crippen molar-refractivity contribution in [3.05, 3.63) is 35.4 Å². The van der Waals surface area contributed by atoms with Gasteiger partial charge in [-0.1, -0.05) is 45.0 Å². The predicted octanol–water partition coefficient (Wildman–Crippen LogP) is 2.90. The highest BCUT2D eigenvalue weighted by Crippen LogP contribution is 2.16. The quantitative estimate of drug-likeness (QED) is 0.792. The third-order valence-electron chi connectivity index (χ3n) is 4.02. The average molecular weight is 273 g/mol. The first-order valence-corrected chi connectivity index (χ1v) is 7.35. The Morgan fingerprint density at radius 2 is 1.95 bits per heavy atom. The van der Waals surface area contributed by atoms with E-state index in [2.05, 4.69) is 18.7 Å². The lowest BCUT2D eigenvalue weighted by atomic mass is 9.97. The minimum Gasteiger partial charge on any atom is -0.299 e. The smallest absolute Gasteiger partial charge is 0.176 e. The Hall–Kier alpha value is -1.48. The Labute approximate surface area is 121 Å². The maximum Gasteiger partial charge on any atom is 0.176 e. The standard InChI is InChI=1S/C17H23NO2/c1-12(2)14-4-6-15(7-5-14)17(20)11-18-9-8-16(19)13(3)10-18/h4-7,12-13H,8-11H2,1-3H3. The molecule has 1 saturated heterocycles. The largest absolute Gasteiger partial charge is 0.299 e. The molecule has 1 atom stereocenters. The second-order valence-corrected chi connectivity index (χ2v) is 6.05. The van der Waals surface area contributed by atoms with Crippen molar-refractivity contribution in [2.75, 3.05) is 19.6 Å². The molecule has 0 aliphatic carbocycles. The van der Waals surface area contributed by atoms with Crippen molar-refractivity contribution in [2.45, 2.75) is 33.1 Å². The fraction of sp³-hybridized carbons (Fsp3) is 0.529. The second-order valence-electron chi connectivity index (χ2n) is 6.05. The van der Waals surface area contributed by atoms with Crippen LogP contribution < -0.4 is 0 Å². The SMILES string of the molecule is CC1CN(CC(=O)c2ccc(C(C)C)cc2)CCC1=O. The maximum atomic E-state index is 12.3. The van der Waals surface area contributed by atoms with Gasteiger partial charge in [0, 0.05) is 31.0 Å². The van der Waals surface area contributed by atoms with Gasteiger partial charge in [0.1, 0.15) is 5.78 Å². The van der Waals surface area contributed by atoms with Crippen LogP contribution in [-0.4, -0.2) is 36.1 Å². The summed E-state index contributed by atoms with van der Waals surface area (Å²) in [4.78, 5) is 25.8. The molecule has 0 saturated carbocycles.